The number of carbonyl (C=O) groups is 2. The zero-order valence-corrected chi connectivity index (χ0v) is 30.3. The average molecular weight is 722 g/mol. The molecule has 2 amide bonds. The Kier molecular flexibility index (Phi) is 13.2. The fourth-order valence-electron chi connectivity index (χ4n) is 5.78. The number of aliphatic hydroxyl groups excluding tert-OH is 1. The number of rotatable bonds is 17. The Morgan fingerprint density at radius 3 is 2.08 bits per heavy atom. The van der Waals surface area contributed by atoms with Crippen molar-refractivity contribution < 1.29 is 33.0 Å². The van der Waals surface area contributed by atoms with Crippen LogP contribution < -0.4 is 21.1 Å². The van der Waals surface area contributed by atoms with E-state index in [0.29, 0.717) is 11.4 Å². The highest BCUT2D eigenvalue weighted by atomic mass is 32.2. The zero-order valence-electron chi connectivity index (χ0n) is 29.5. The summed E-state index contributed by atoms with van der Waals surface area (Å²) < 4.78 is 36.0. The van der Waals surface area contributed by atoms with E-state index in [2.05, 4.69) is 10.6 Å². The molecule has 4 rings (SSSR count). The maximum Gasteiger partial charge on any atom is 0.332 e. The molecule has 1 aromatic heterocycles. The van der Waals surface area contributed by atoms with E-state index in [1.807, 2.05) is 44.2 Å². The lowest BCUT2D eigenvalue weighted by Crippen LogP contribution is -2.53. The van der Waals surface area contributed by atoms with Crippen molar-refractivity contribution in [2.45, 2.75) is 63.7 Å². The first-order chi connectivity index (χ1) is 24.2. The summed E-state index contributed by atoms with van der Waals surface area (Å²) in [4.78, 5) is 40.4. The first-order valence-electron chi connectivity index (χ1n) is 16.7. The Balaban J connectivity index is 1.61. The number of hydrogen-bond donors (Lipinski definition) is 4. The normalized spacial score (nSPS) is 13.6. The number of imidazole rings is 1. The Morgan fingerprint density at radius 1 is 0.902 bits per heavy atom. The number of aromatic hydroxyl groups is 1. The predicted octanol–water partition coefficient (Wildman–Crippen LogP) is 3.64. The summed E-state index contributed by atoms with van der Waals surface area (Å²) >= 11 is 0. The number of amides is 2. The Hall–Kier alpha value is -4.92. The first-order valence-corrected chi connectivity index (χ1v) is 18.2. The van der Waals surface area contributed by atoms with Crippen LogP contribution in [0.5, 0.6) is 11.6 Å². The summed E-state index contributed by atoms with van der Waals surface area (Å²) in [5, 5.41) is 28.0. The number of nitrogens with one attached hydrogen (secondary N) is 2. The largest absolute Gasteiger partial charge is 0.497 e. The third-order valence-electron chi connectivity index (χ3n) is 8.29. The van der Waals surface area contributed by atoms with Gasteiger partial charge in [0.15, 0.2) is 0 Å². The quantitative estimate of drug-likeness (QED) is 0.128. The summed E-state index contributed by atoms with van der Waals surface area (Å²) in [6.45, 7) is 6.45. The van der Waals surface area contributed by atoms with Gasteiger partial charge in [0.2, 0.25) is 27.7 Å². The molecule has 274 valence electrons. The molecule has 0 aliphatic carbocycles. The topological polar surface area (TPSA) is 172 Å². The summed E-state index contributed by atoms with van der Waals surface area (Å²) in [7, 11) is -2.58. The van der Waals surface area contributed by atoms with Crippen LogP contribution in [0.25, 0.3) is 0 Å². The zero-order chi connectivity index (χ0) is 37.3. The highest BCUT2D eigenvalue weighted by Gasteiger charge is 2.34. The van der Waals surface area contributed by atoms with Crippen LogP contribution >= 0.6 is 0 Å². The molecule has 4 aromatic rings. The summed E-state index contributed by atoms with van der Waals surface area (Å²) in [5.74, 6) is -1.76. The predicted molar refractivity (Wildman–Crippen MR) is 194 cm³/mol. The molecule has 3 aromatic carbocycles. The van der Waals surface area contributed by atoms with Crippen molar-refractivity contribution in [1.82, 2.24) is 18.8 Å². The Labute approximate surface area is 298 Å². The van der Waals surface area contributed by atoms with Crippen LogP contribution in [0.1, 0.15) is 39.3 Å². The van der Waals surface area contributed by atoms with E-state index >= 15 is 0 Å². The minimum Gasteiger partial charge on any atom is -0.497 e. The van der Waals surface area contributed by atoms with Gasteiger partial charge in [-0.15, -0.1) is 0 Å². The molecule has 1 heterocycles. The number of aliphatic hydroxyl groups is 1. The third kappa shape index (κ3) is 10.1. The van der Waals surface area contributed by atoms with Crippen LogP contribution in [0.4, 0.5) is 5.69 Å². The van der Waals surface area contributed by atoms with E-state index in [9.17, 15) is 33.0 Å². The number of anilines is 1. The van der Waals surface area contributed by atoms with E-state index < -0.39 is 64.1 Å². The van der Waals surface area contributed by atoms with Crippen LogP contribution in [-0.4, -0.2) is 76.2 Å². The van der Waals surface area contributed by atoms with Gasteiger partial charge >= 0.3 is 5.69 Å². The Bertz CT molecular complexity index is 1910. The van der Waals surface area contributed by atoms with E-state index in [0.717, 1.165) is 20.9 Å². The highest BCUT2D eigenvalue weighted by molar-refractivity contribution is 7.89. The molecule has 3 atom stereocenters. The van der Waals surface area contributed by atoms with E-state index in [1.54, 1.807) is 56.3 Å². The fraction of sp³-hybridized carbons (Fsp3) is 0.378. The molecule has 0 aliphatic rings. The number of nitrogens with zero attached hydrogens (tertiary/aromatic N) is 3. The molecule has 0 radical (unpaired) electrons. The van der Waals surface area contributed by atoms with Gasteiger partial charge < -0.3 is 25.6 Å². The number of ether oxygens (including phenoxy) is 1. The number of methoxy groups -OCH3 is 1. The molecule has 0 saturated carbocycles. The van der Waals surface area contributed by atoms with Gasteiger partial charge in [-0.1, -0.05) is 76.2 Å². The SMILES string of the molecule is COc1ccc(S(=O)(=O)N(CC(C)C)C[C@@H](O)[C@H](Cc2ccccc2)NC(=O)[C@H](C(C)C)n2cc(O)n(CC(=O)Nc3ccccc3)c2=O)cc1. The van der Waals surface area contributed by atoms with E-state index in [-0.39, 0.29) is 30.3 Å². The molecule has 0 aliphatic heterocycles. The number of para-hydroxylation sites is 1. The third-order valence-corrected chi connectivity index (χ3v) is 10.1. The first kappa shape index (κ1) is 38.9. The monoisotopic (exact) mass is 721 g/mol. The molecule has 0 spiro atoms. The molecular weight excluding hydrogens is 675 g/mol. The van der Waals surface area contributed by atoms with Gasteiger partial charge in [0.05, 0.1) is 30.3 Å². The summed E-state index contributed by atoms with van der Waals surface area (Å²) in [6, 6.07) is 21.6. The van der Waals surface area contributed by atoms with Gasteiger partial charge in [0, 0.05) is 18.8 Å². The molecule has 51 heavy (non-hydrogen) atoms. The van der Waals surface area contributed by atoms with Gasteiger partial charge in [0.1, 0.15) is 18.3 Å². The Morgan fingerprint density at radius 2 is 1.51 bits per heavy atom. The summed E-state index contributed by atoms with van der Waals surface area (Å²) in [5.41, 5.74) is 0.515. The van der Waals surface area contributed by atoms with Crippen LogP contribution in [0, 0.1) is 11.8 Å². The molecule has 0 bridgehead atoms. The number of sulfonamides is 1. The molecule has 14 heteroatoms. The summed E-state index contributed by atoms with van der Waals surface area (Å²) in [6.07, 6.45) is -0.112. The van der Waals surface area contributed by atoms with Crippen LogP contribution in [0.2, 0.25) is 0 Å². The molecule has 13 nitrogen and oxygen atoms in total. The van der Waals surface area contributed by atoms with Crippen molar-refractivity contribution in [2.24, 2.45) is 11.8 Å². The van der Waals surface area contributed by atoms with Crippen molar-refractivity contribution in [3.63, 3.8) is 0 Å². The van der Waals surface area contributed by atoms with E-state index in [4.69, 9.17) is 4.74 Å². The van der Waals surface area contributed by atoms with Gasteiger partial charge in [0.25, 0.3) is 0 Å². The van der Waals surface area contributed by atoms with Crippen LogP contribution in [-0.2, 0) is 32.6 Å². The number of aromatic nitrogens is 2. The van der Waals surface area contributed by atoms with Gasteiger partial charge in [-0.2, -0.15) is 4.31 Å². The van der Waals surface area contributed by atoms with Gasteiger partial charge in [-0.25, -0.2) is 13.2 Å². The van der Waals surface area contributed by atoms with Crippen molar-refractivity contribution in [2.75, 3.05) is 25.5 Å². The lowest BCUT2D eigenvalue weighted by molar-refractivity contribution is -0.127. The molecule has 0 fully saturated rings. The van der Waals surface area contributed by atoms with Crippen molar-refractivity contribution in [1.29, 1.82) is 0 Å². The average Bonchev–Trinajstić information content (AvgIpc) is 3.35. The van der Waals surface area contributed by atoms with Gasteiger partial charge in [-0.3, -0.25) is 18.7 Å². The minimum absolute atomic E-state index is 0.0285. The molecule has 0 unspecified atom stereocenters. The standard InChI is InChI=1S/C37H47N5O8S/c1-25(2)21-40(51(48,49)30-18-16-29(50-5)17-19-30)22-32(43)31(20-27-12-8-6-9-13-27)39-36(46)35(26(3)4)42-24-34(45)41(37(42)47)23-33(44)38-28-14-10-7-11-15-28/h6-19,24-26,31-32,35,43,45H,20-23H2,1-5H3,(H,38,44)(H,39,46)/t31-,32+,35-/m0/s1. The van der Waals surface area contributed by atoms with Crippen molar-refractivity contribution >= 4 is 27.5 Å². The molecular formula is C37H47N5O8S. The number of hydrogen-bond acceptors (Lipinski definition) is 8. The van der Waals surface area contributed by atoms with Crippen LogP contribution in [0.3, 0.4) is 0 Å². The molecule has 0 saturated heterocycles. The minimum atomic E-state index is -4.07. The molecule has 4 N–H and O–H groups in total. The van der Waals surface area contributed by atoms with Crippen molar-refractivity contribution in [3.05, 3.63) is 107 Å². The number of carbonyl (C=O) groups excluding carboxylic acids is 2. The smallest absolute Gasteiger partial charge is 0.332 e. The lowest BCUT2D eigenvalue weighted by Gasteiger charge is -2.32. The van der Waals surface area contributed by atoms with E-state index in [1.165, 1.54) is 23.5 Å². The second-order valence-corrected chi connectivity index (χ2v) is 15.1. The van der Waals surface area contributed by atoms with Crippen molar-refractivity contribution in [3.8, 4) is 11.6 Å². The highest BCUT2D eigenvalue weighted by Crippen LogP contribution is 2.24. The van der Waals surface area contributed by atoms with Gasteiger partial charge in [-0.05, 0) is 60.2 Å². The fourth-order valence-corrected chi connectivity index (χ4v) is 7.40. The second-order valence-electron chi connectivity index (χ2n) is 13.1. The second kappa shape index (κ2) is 17.3. The lowest BCUT2D eigenvalue weighted by atomic mass is 9.98. The maximum absolute atomic E-state index is 14.1. The number of benzene rings is 3. The van der Waals surface area contributed by atoms with Crippen LogP contribution in [0.15, 0.2) is 101 Å². The maximum atomic E-state index is 14.1.